The van der Waals surface area contributed by atoms with E-state index in [1.165, 1.54) is 0 Å². The Bertz CT molecular complexity index is 662. The molecule has 3 heterocycles. The summed E-state index contributed by atoms with van der Waals surface area (Å²) in [7, 11) is 0. The molecule has 0 aromatic carbocycles. The summed E-state index contributed by atoms with van der Waals surface area (Å²) >= 11 is 0. The molecule has 140 valence electrons. The fourth-order valence-corrected chi connectivity index (χ4v) is 3.73. The van der Waals surface area contributed by atoms with Crippen LogP contribution in [0.25, 0.3) is 0 Å². The van der Waals surface area contributed by atoms with E-state index in [1.807, 2.05) is 17.0 Å². The molecule has 7 nitrogen and oxygen atoms in total. The molecule has 2 amide bonds. The zero-order valence-electron chi connectivity index (χ0n) is 15.2. The molecule has 26 heavy (non-hydrogen) atoms. The summed E-state index contributed by atoms with van der Waals surface area (Å²) in [5.74, 6) is 0.985. The molecule has 3 fully saturated rings. The number of amides is 2. The third-order valence-electron chi connectivity index (χ3n) is 5.39. The highest BCUT2D eigenvalue weighted by Crippen LogP contribution is 2.23. The zero-order valence-corrected chi connectivity index (χ0v) is 15.2. The second-order valence-corrected chi connectivity index (χ2v) is 7.48. The van der Waals surface area contributed by atoms with Crippen LogP contribution in [0.3, 0.4) is 0 Å². The van der Waals surface area contributed by atoms with Crippen LogP contribution in [0, 0.1) is 0 Å². The van der Waals surface area contributed by atoms with E-state index in [1.54, 1.807) is 6.20 Å². The first-order valence-corrected chi connectivity index (χ1v) is 9.71. The summed E-state index contributed by atoms with van der Waals surface area (Å²) in [6.07, 6.45) is 6.30. The van der Waals surface area contributed by atoms with E-state index in [9.17, 15) is 9.59 Å². The van der Waals surface area contributed by atoms with Crippen molar-refractivity contribution in [1.82, 2.24) is 20.1 Å². The largest absolute Gasteiger partial charge is 0.356 e. The lowest BCUT2D eigenvalue weighted by atomic mass is 10.2. The molecule has 2 saturated heterocycles. The highest BCUT2D eigenvalue weighted by Gasteiger charge is 2.28. The van der Waals surface area contributed by atoms with Gasteiger partial charge in [-0.05, 0) is 37.8 Å². The van der Waals surface area contributed by atoms with Crippen molar-refractivity contribution in [2.24, 2.45) is 0 Å². The van der Waals surface area contributed by atoms with Crippen molar-refractivity contribution < 1.29 is 9.59 Å². The summed E-state index contributed by atoms with van der Waals surface area (Å²) in [6.45, 7) is 5.17. The summed E-state index contributed by atoms with van der Waals surface area (Å²) in [5, 5.41) is 3.02. The van der Waals surface area contributed by atoms with Crippen LogP contribution in [-0.4, -0.2) is 78.5 Å². The summed E-state index contributed by atoms with van der Waals surface area (Å²) in [5.41, 5.74) is 0.703. The van der Waals surface area contributed by atoms with Crippen LogP contribution in [0.5, 0.6) is 0 Å². The maximum absolute atomic E-state index is 13.0. The number of pyridine rings is 1. The molecular weight excluding hydrogens is 330 g/mol. The second-order valence-electron chi connectivity index (χ2n) is 7.48. The fraction of sp³-hybridized carbons (Fsp3) is 0.632. The lowest BCUT2D eigenvalue weighted by molar-refractivity contribution is -0.122. The van der Waals surface area contributed by atoms with Crippen molar-refractivity contribution in [3.05, 3.63) is 23.9 Å². The standard InChI is InChI=1S/C19H27N5O2/c25-17(21-15-5-6-15)14-22-10-12-24(13-11-22)19(26)16-4-3-7-20-18(16)23-8-1-2-9-23/h3-4,7,15H,1-2,5-6,8-14H2,(H,21,25). The molecule has 4 rings (SSSR count). The van der Waals surface area contributed by atoms with Crippen LogP contribution in [0.1, 0.15) is 36.0 Å². The van der Waals surface area contributed by atoms with E-state index < -0.39 is 0 Å². The van der Waals surface area contributed by atoms with Crippen LogP contribution in [0.2, 0.25) is 0 Å². The number of anilines is 1. The summed E-state index contributed by atoms with van der Waals surface area (Å²) in [6, 6.07) is 4.13. The van der Waals surface area contributed by atoms with Crippen molar-refractivity contribution in [1.29, 1.82) is 0 Å². The number of carbonyl (C=O) groups is 2. The molecule has 1 aromatic rings. The minimum atomic E-state index is 0.0575. The Morgan fingerprint density at radius 1 is 1.08 bits per heavy atom. The predicted octanol–water partition coefficient (Wildman–Crippen LogP) is 0.718. The van der Waals surface area contributed by atoms with Crippen molar-refractivity contribution in [2.75, 3.05) is 50.7 Å². The Kier molecular flexibility index (Phi) is 5.06. The maximum Gasteiger partial charge on any atom is 0.257 e. The average molecular weight is 357 g/mol. The Balaban J connectivity index is 1.34. The van der Waals surface area contributed by atoms with Crippen LogP contribution < -0.4 is 10.2 Å². The second kappa shape index (κ2) is 7.61. The minimum Gasteiger partial charge on any atom is -0.356 e. The fourth-order valence-electron chi connectivity index (χ4n) is 3.73. The summed E-state index contributed by atoms with van der Waals surface area (Å²) in [4.78, 5) is 35.7. The smallest absolute Gasteiger partial charge is 0.257 e. The molecule has 1 aromatic heterocycles. The van der Waals surface area contributed by atoms with Gasteiger partial charge in [-0.15, -0.1) is 0 Å². The van der Waals surface area contributed by atoms with Crippen LogP contribution >= 0.6 is 0 Å². The van der Waals surface area contributed by atoms with Gasteiger partial charge in [-0.2, -0.15) is 0 Å². The van der Waals surface area contributed by atoms with Gasteiger partial charge in [0.05, 0.1) is 12.1 Å². The number of rotatable bonds is 5. The molecule has 1 N–H and O–H groups in total. The van der Waals surface area contributed by atoms with E-state index in [0.717, 1.165) is 57.7 Å². The number of hydrogen-bond acceptors (Lipinski definition) is 5. The third-order valence-corrected chi connectivity index (χ3v) is 5.39. The molecule has 0 bridgehead atoms. The van der Waals surface area contributed by atoms with E-state index in [4.69, 9.17) is 0 Å². The SMILES string of the molecule is O=C(CN1CCN(C(=O)c2cccnc2N2CCCC2)CC1)NC1CC1. The van der Waals surface area contributed by atoms with Gasteiger partial charge < -0.3 is 15.1 Å². The molecule has 2 aliphatic heterocycles. The minimum absolute atomic E-state index is 0.0575. The van der Waals surface area contributed by atoms with E-state index >= 15 is 0 Å². The Labute approximate surface area is 154 Å². The van der Waals surface area contributed by atoms with Crippen molar-refractivity contribution >= 4 is 17.6 Å². The quantitative estimate of drug-likeness (QED) is 0.841. The van der Waals surface area contributed by atoms with Gasteiger partial charge >= 0.3 is 0 Å². The molecular formula is C19H27N5O2. The van der Waals surface area contributed by atoms with Crippen molar-refractivity contribution in [3.63, 3.8) is 0 Å². The van der Waals surface area contributed by atoms with Gasteiger partial charge in [-0.1, -0.05) is 0 Å². The monoisotopic (exact) mass is 357 g/mol. The van der Waals surface area contributed by atoms with Gasteiger partial charge in [0.1, 0.15) is 5.82 Å². The number of carbonyl (C=O) groups excluding carboxylic acids is 2. The number of nitrogens with zero attached hydrogens (tertiary/aromatic N) is 4. The maximum atomic E-state index is 13.0. The van der Waals surface area contributed by atoms with Gasteiger partial charge in [0.2, 0.25) is 5.91 Å². The predicted molar refractivity (Wildman–Crippen MR) is 99.2 cm³/mol. The van der Waals surface area contributed by atoms with Gasteiger partial charge in [0.25, 0.3) is 5.91 Å². The number of aromatic nitrogens is 1. The third kappa shape index (κ3) is 3.98. The zero-order chi connectivity index (χ0) is 17.9. The number of nitrogens with one attached hydrogen (secondary N) is 1. The molecule has 1 aliphatic carbocycles. The van der Waals surface area contributed by atoms with Crippen molar-refractivity contribution in [3.8, 4) is 0 Å². The van der Waals surface area contributed by atoms with Gasteiger partial charge in [0.15, 0.2) is 0 Å². The van der Waals surface area contributed by atoms with Gasteiger partial charge in [-0.3, -0.25) is 14.5 Å². The first-order valence-electron chi connectivity index (χ1n) is 9.71. The molecule has 7 heteroatoms. The Morgan fingerprint density at radius 2 is 1.81 bits per heavy atom. The van der Waals surface area contributed by atoms with Crippen molar-refractivity contribution in [2.45, 2.75) is 31.7 Å². The lowest BCUT2D eigenvalue weighted by Crippen LogP contribution is -2.51. The van der Waals surface area contributed by atoms with Crippen LogP contribution in [-0.2, 0) is 4.79 Å². The highest BCUT2D eigenvalue weighted by atomic mass is 16.2. The number of piperazine rings is 1. The normalized spacial score (nSPS) is 21.1. The molecule has 0 atom stereocenters. The molecule has 0 unspecified atom stereocenters. The first kappa shape index (κ1) is 17.3. The highest BCUT2D eigenvalue weighted by molar-refractivity contribution is 5.99. The lowest BCUT2D eigenvalue weighted by Gasteiger charge is -2.35. The first-order chi connectivity index (χ1) is 12.7. The topological polar surface area (TPSA) is 68.8 Å². The van der Waals surface area contributed by atoms with Gasteiger partial charge in [-0.25, -0.2) is 4.98 Å². The molecule has 1 saturated carbocycles. The Hall–Kier alpha value is -2.15. The average Bonchev–Trinajstić information content (AvgIpc) is 3.30. The van der Waals surface area contributed by atoms with E-state index in [-0.39, 0.29) is 11.8 Å². The molecule has 0 radical (unpaired) electrons. The summed E-state index contributed by atoms with van der Waals surface area (Å²) < 4.78 is 0. The van der Waals surface area contributed by atoms with Crippen LogP contribution in [0.4, 0.5) is 5.82 Å². The van der Waals surface area contributed by atoms with E-state index in [2.05, 4.69) is 20.1 Å². The molecule has 0 spiro atoms. The molecule has 3 aliphatic rings. The van der Waals surface area contributed by atoms with Crippen LogP contribution in [0.15, 0.2) is 18.3 Å². The number of hydrogen-bond donors (Lipinski definition) is 1. The van der Waals surface area contributed by atoms with E-state index in [0.29, 0.717) is 31.2 Å². The van der Waals surface area contributed by atoms with Gasteiger partial charge in [0, 0.05) is 51.5 Å². The Morgan fingerprint density at radius 3 is 2.50 bits per heavy atom.